The monoisotopic (exact) mass is 243 g/mol. The average Bonchev–Trinajstić information content (AvgIpc) is 2.20. The highest BCUT2D eigenvalue weighted by atomic mass is 35.5. The van der Waals surface area contributed by atoms with Crippen LogP contribution in [0.3, 0.4) is 0 Å². The zero-order chi connectivity index (χ0) is 12.3. The predicted molar refractivity (Wildman–Crippen MR) is 64.8 cm³/mol. The Kier molecular flexibility index (Phi) is 4.09. The van der Waals surface area contributed by atoms with Crippen molar-refractivity contribution in [2.75, 3.05) is 5.32 Å². The van der Waals surface area contributed by atoms with Crippen LogP contribution in [0, 0.1) is 10.1 Å². The third kappa shape index (κ3) is 3.08. The molecule has 88 valence electrons. The smallest absolute Gasteiger partial charge is 0.293 e. The fourth-order valence-electron chi connectivity index (χ4n) is 1.15. The minimum absolute atomic E-state index is 0.0417. The molecule has 5 nitrogen and oxygen atoms in total. The Morgan fingerprint density at radius 2 is 2.12 bits per heavy atom. The van der Waals surface area contributed by atoms with Crippen molar-refractivity contribution in [2.24, 2.45) is 5.73 Å². The molecule has 0 fully saturated rings. The van der Waals surface area contributed by atoms with Crippen LogP contribution in [0.5, 0.6) is 0 Å². The summed E-state index contributed by atoms with van der Waals surface area (Å²) in [5, 5.41) is 14.1. The normalized spacial score (nSPS) is 14.2. The average molecular weight is 244 g/mol. The number of hydrogen-bond acceptors (Lipinski definition) is 4. The van der Waals surface area contributed by atoms with Crippen LogP contribution >= 0.6 is 11.6 Å². The molecule has 1 aromatic rings. The van der Waals surface area contributed by atoms with Gasteiger partial charge < -0.3 is 11.1 Å². The first kappa shape index (κ1) is 12.7. The number of rotatable bonds is 4. The maximum atomic E-state index is 10.8. The number of benzene rings is 1. The number of anilines is 1. The zero-order valence-electron chi connectivity index (χ0n) is 9.11. The van der Waals surface area contributed by atoms with Crippen molar-refractivity contribution in [1.82, 2.24) is 0 Å². The van der Waals surface area contributed by atoms with Gasteiger partial charge in [0.25, 0.3) is 5.69 Å². The molecule has 0 heterocycles. The second-order valence-electron chi connectivity index (χ2n) is 3.71. The lowest BCUT2D eigenvalue weighted by molar-refractivity contribution is -0.384. The van der Waals surface area contributed by atoms with Gasteiger partial charge in [-0.2, -0.15) is 0 Å². The van der Waals surface area contributed by atoms with E-state index in [1.807, 2.05) is 13.8 Å². The van der Waals surface area contributed by atoms with Gasteiger partial charge in [-0.05, 0) is 26.0 Å². The van der Waals surface area contributed by atoms with Gasteiger partial charge in [0.2, 0.25) is 0 Å². The number of nitro groups is 1. The summed E-state index contributed by atoms with van der Waals surface area (Å²) in [5.41, 5.74) is 6.07. The lowest BCUT2D eigenvalue weighted by Crippen LogP contribution is -2.35. The van der Waals surface area contributed by atoms with Crippen molar-refractivity contribution in [3.05, 3.63) is 33.3 Å². The van der Waals surface area contributed by atoms with Crippen molar-refractivity contribution in [2.45, 2.75) is 25.9 Å². The van der Waals surface area contributed by atoms with E-state index >= 15 is 0 Å². The quantitative estimate of drug-likeness (QED) is 0.629. The maximum Gasteiger partial charge on any atom is 0.293 e. The van der Waals surface area contributed by atoms with Gasteiger partial charge in [0.1, 0.15) is 5.69 Å². The van der Waals surface area contributed by atoms with E-state index in [0.29, 0.717) is 10.7 Å². The highest BCUT2D eigenvalue weighted by molar-refractivity contribution is 6.30. The maximum absolute atomic E-state index is 10.8. The molecule has 1 rings (SSSR count). The molecule has 3 N–H and O–H groups in total. The molecular formula is C10H14ClN3O2. The summed E-state index contributed by atoms with van der Waals surface area (Å²) >= 11 is 5.70. The summed E-state index contributed by atoms with van der Waals surface area (Å²) in [6, 6.07) is 4.34. The zero-order valence-corrected chi connectivity index (χ0v) is 9.86. The Balaban J connectivity index is 2.99. The van der Waals surface area contributed by atoms with Gasteiger partial charge in [0.05, 0.1) is 4.92 Å². The Bertz CT molecular complexity index is 396. The number of halogens is 1. The van der Waals surface area contributed by atoms with E-state index in [9.17, 15) is 10.1 Å². The minimum Gasteiger partial charge on any atom is -0.375 e. The summed E-state index contributed by atoms with van der Waals surface area (Å²) in [7, 11) is 0. The molecule has 0 aromatic heterocycles. The molecule has 0 aliphatic heterocycles. The molecule has 0 saturated carbocycles. The summed E-state index contributed by atoms with van der Waals surface area (Å²) < 4.78 is 0. The topological polar surface area (TPSA) is 81.2 Å². The van der Waals surface area contributed by atoms with Crippen LogP contribution in [-0.4, -0.2) is 17.0 Å². The van der Waals surface area contributed by atoms with Crippen LogP contribution in [-0.2, 0) is 0 Å². The number of hydrogen-bond donors (Lipinski definition) is 2. The molecule has 0 radical (unpaired) electrons. The third-order valence-electron chi connectivity index (χ3n) is 2.33. The van der Waals surface area contributed by atoms with Crippen LogP contribution < -0.4 is 11.1 Å². The molecule has 2 atom stereocenters. The Morgan fingerprint density at radius 3 is 2.62 bits per heavy atom. The fourth-order valence-corrected chi connectivity index (χ4v) is 1.32. The summed E-state index contributed by atoms with van der Waals surface area (Å²) in [6.07, 6.45) is 0. The number of nitrogens with zero attached hydrogens (tertiary/aromatic N) is 1. The molecular weight excluding hydrogens is 230 g/mol. The molecule has 1 aromatic carbocycles. The van der Waals surface area contributed by atoms with Gasteiger partial charge in [-0.15, -0.1) is 0 Å². The van der Waals surface area contributed by atoms with Crippen molar-refractivity contribution in [3.8, 4) is 0 Å². The van der Waals surface area contributed by atoms with Crippen LogP contribution in [0.2, 0.25) is 5.02 Å². The van der Waals surface area contributed by atoms with Crippen molar-refractivity contribution in [3.63, 3.8) is 0 Å². The van der Waals surface area contributed by atoms with E-state index in [-0.39, 0.29) is 17.8 Å². The summed E-state index contributed by atoms with van der Waals surface area (Å²) in [6.45, 7) is 3.70. The van der Waals surface area contributed by atoms with Crippen molar-refractivity contribution < 1.29 is 4.92 Å². The van der Waals surface area contributed by atoms with Crippen LogP contribution in [0.1, 0.15) is 13.8 Å². The second-order valence-corrected chi connectivity index (χ2v) is 4.15. The SMILES string of the molecule is CC(N)C(C)Nc1ccc(Cl)cc1[N+](=O)[O-]. The van der Waals surface area contributed by atoms with E-state index in [1.54, 1.807) is 12.1 Å². The largest absolute Gasteiger partial charge is 0.375 e. The molecule has 0 bridgehead atoms. The van der Waals surface area contributed by atoms with Gasteiger partial charge in [0.15, 0.2) is 0 Å². The van der Waals surface area contributed by atoms with Crippen molar-refractivity contribution >= 4 is 23.0 Å². The highest BCUT2D eigenvalue weighted by Gasteiger charge is 2.17. The Hall–Kier alpha value is -1.33. The number of nitro benzene ring substituents is 1. The fraction of sp³-hybridized carbons (Fsp3) is 0.400. The molecule has 2 unspecified atom stereocenters. The lowest BCUT2D eigenvalue weighted by atomic mass is 10.1. The first-order valence-electron chi connectivity index (χ1n) is 4.88. The molecule has 0 aliphatic rings. The minimum atomic E-state index is -0.470. The van der Waals surface area contributed by atoms with E-state index < -0.39 is 4.92 Å². The standard InChI is InChI=1S/C10H14ClN3O2/c1-6(12)7(2)13-9-4-3-8(11)5-10(9)14(15)16/h3-7,13H,12H2,1-2H3. The van der Waals surface area contributed by atoms with E-state index in [1.165, 1.54) is 6.07 Å². The van der Waals surface area contributed by atoms with Crippen LogP contribution in [0.4, 0.5) is 11.4 Å². The molecule has 0 aliphatic carbocycles. The van der Waals surface area contributed by atoms with Crippen LogP contribution in [0.25, 0.3) is 0 Å². The van der Waals surface area contributed by atoms with Gasteiger partial charge in [-0.25, -0.2) is 0 Å². The second kappa shape index (κ2) is 5.14. The van der Waals surface area contributed by atoms with Crippen LogP contribution in [0.15, 0.2) is 18.2 Å². The number of nitrogens with one attached hydrogen (secondary N) is 1. The number of nitrogens with two attached hydrogens (primary N) is 1. The summed E-state index contributed by atoms with van der Waals surface area (Å²) in [4.78, 5) is 10.3. The Labute approximate surface area is 98.7 Å². The Morgan fingerprint density at radius 1 is 1.50 bits per heavy atom. The first-order chi connectivity index (χ1) is 7.41. The highest BCUT2D eigenvalue weighted by Crippen LogP contribution is 2.28. The van der Waals surface area contributed by atoms with Gasteiger partial charge >= 0.3 is 0 Å². The lowest BCUT2D eigenvalue weighted by Gasteiger charge is -2.18. The molecule has 6 heteroatoms. The molecule has 16 heavy (non-hydrogen) atoms. The van der Waals surface area contributed by atoms with Gasteiger partial charge in [0, 0.05) is 23.2 Å². The third-order valence-corrected chi connectivity index (χ3v) is 2.56. The van der Waals surface area contributed by atoms with Gasteiger partial charge in [-0.3, -0.25) is 10.1 Å². The molecule has 0 amide bonds. The molecule has 0 spiro atoms. The van der Waals surface area contributed by atoms with Gasteiger partial charge in [-0.1, -0.05) is 11.6 Å². The van der Waals surface area contributed by atoms with Crippen molar-refractivity contribution in [1.29, 1.82) is 0 Å². The van der Waals surface area contributed by atoms with E-state index in [0.717, 1.165) is 0 Å². The van der Waals surface area contributed by atoms with E-state index in [4.69, 9.17) is 17.3 Å². The van der Waals surface area contributed by atoms with E-state index in [2.05, 4.69) is 5.32 Å². The molecule has 0 saturated heterocycles. The first-order valence-corrected chi connectivity index (χ1v) is 5.25. The predicted octanol–water partition coefficient (Wildman–Crippen LogP) is 2.40. The summed E-state index contributed by atoms with van der Waals surface area (Å²) in [5.74, 6) is 0.